The van der Waals surface area contributed by atoms with E-state index in [2.05, 4.69) is 10.1 Å². The molecule has 1 amide bonds. The minimum absolute atomic E-state index is 0.0520. The highest BCUT2D eigenvalue weighted by Gasteiger charge is 2.10. The van der Waals surface area contributed by atoms with Crippen LogP contribution in [0.5, 0.6) is 5.75 Å². The van der Waals surface area contributed by atoms with Crippen molar-refractivity contribution in [3.63, 3.8) is 0 Å². The zero-order valence-corrected chi connectivity index (χ0v) is 12.6. The molecule has 0 aliphatic carbocycles. The van der Waals surface area contributed by atoms with Crippen LogP contribution in [0.1, 0.15) is 15.9 Å². The summed E-state index contributed by atoms with van der Waals surface area (Å²) in [6.45, 7) is -3.10. The second kappa shape index (κ2) is 8.61. The lowest BCUT2D eigenvalue weighted by molar-refractivity contribution is -0.143. The van der Waals surface area contributed by atoms with Crippen LogP contribution in [0, 0.1) is 0 Å². The van der Waals surface area contributed by atoms with E-state index in [4.69, 9.17) is 4.74 Å². The fourth-order valence-corrected chi connectivity index (χ4v) is 1.83. The summed E-state index contributed by atoms with van der Waals surface area (Å²) in [4.78, 5) is 23.4. The van der Waals surface area contributed by atoms with Crippen LogP contribution in [0.25, 0.3) is 0 Å². The van der Waals surface area contributed by atoms with Gasteiger partial charge in [0, 0.05) is 5.56 Å². The zero-order valence-electron chi connectivity index (χ0n) is 12.6. The Balaban J connectivity index is 1.76. The number of hydrogen-bond acceptors (Lipinski definition) is 4. The molecule has 2 rings (SSSR count). The monoisotopic (exact) mass is 335 g/mol. The molecule has 7 heteroatoms. The number of halogens is 2. The number of amides is 1. The normalized spacial score (nSPS) is 10.3. The molecule has 0 spiro atoms. The standard InChI is InChI=1S/C17H15F2NO4/c18-17(19)24-14-8-6-13(7-9-14)16(22)20-10-15(21)23-11-12-4-2-1-3-5-12/h1-9,17H,10-11H2,(H,20,22). The topological polar surface area (TPSA) is 64.6 Å². The Labute approximate surface area is 137 Å². The van der Waals surface area contributed by atoms with Gasteiger partial charge in [-0.1, -0.05) is 30.3 Å². The summed E-state index contributed by atoms with van der Waals surface area (Å²) in [6, 6.07) is 14.3. The van der Waals surface area contributed by atoms with Crippen molar-refractivity contribution >= 4 is 11.9 Å². The summed E-state index contributed by atoms with van der Waals surface area (Å²) >= 11 is 0. The van der Waals surface area contributed by atoms with Gasteiger partial charge >= 0.3 is 12.6 Å². The third-order valence-corrected chi connectivity index (χ3v) is 2.98. The molecule has 0 atom stereocenters. The first kappa shape index (κ1) is 17.4. The third kappa shape index (κ3) is 5.68. The Morgan fingerprint density at radius 3 is 2.29 bits per heavy atom. The lowest BCUT2D eigenvalue weighted by Crippen LogP contribution is -2.30. The van der Waals surface area contributed by atoms with Crippen LogP contribution in [-0.2, 0) is 16.1 Å². The molecule has 1 N–H and O–H groups in total. The lowest BCUT2D eigenvalue weighted by atomic mass is 10.2. The van der Waals surface area contributed by atoms with Gasteiger partial charge in [0.2, 0.25) is 0 Å². The van der Waals surface area contributed by atoms with Gasteiger partial charge in [-0.25, -0.2) is 0 Å². The summed E-state index contributed by atoms with van der Waals surface area (Å²) in [5, 5.41) is 2.39. The van der Waals surface area contributed by atoms with Gasteiger partial charge in [0.05, 0.1) is 0 Å². The molecule has 0 saturated heterocycles. The zero-order chi connectivity index (χ0) is 17.4. The molecule has 24 heavy (non-hydrogen) atoms. The Morgan fingerprint density at radius 2 is 1.67 bits per heavy atom. The van der Waals surface area contributed by atoms with Crippen molar-refractivity contribution in [3.8, 4) is 5.75 Å². The molecule has 0 bridgehead atoms. The Morgan fingerprint density at radius 1 is 1.00 bits per heavy atom. The summed E-state index contributed by atoms with van der Waals surface area (Å²) in [6.07, 6.45) is 0. The van der Waals surface area contributed by atoms with Crippen molar-refractivity contribution in [3.05, 3.63) is 65.7 Å². The predicted octanol–water partition coefficient (Wildman–Crippen LogP) is 2.76. The van der Waals surface area contributed by atoms with E-state index in [-0.39, 0.29) is 24.5 Å². The average Bonchev–Trinajstić information content (AvgIpc) is 2.59. The number of nitrogens with one attached hydrogen (secondary N) is 1. The highest BCUT2D eigenvalue weighted by molar-refractivity contribution is 5.96. The number of alkyl halides is 2. The van der Waals surface area contributed by atoms with Crippen LogP contribution >= 0.6 is 0 Å². The van der Waals surface area contributed by atoms with Crippen LogP contribution in [0.4, 0.5) is 8.78 Å². The SMILES string of the molecule is O=C(CNC(=O)c1ccc(OC(F)F)cc1)OCc1ccccc1. The minimum Gasteiger partial charge on any atom is -0.460 e. The van der Waals surface area contributed by atoms with E-state index in [1.54, 1.807) is 0 Å². The van der Waals surface area contributed by atoms with Gasteiger partial charge in [-0.05, 0) is 29.8 Å². The Bertz CT molecular complexity index is 675. The van der Waals surface area contributed by atoms with Crippen molar-refractivity contribution in [1.29, 1.82) is 0 Å². The molecule has 0 saturated carbocycles. The molecule has 0 unspecified atom stereocenters. The van der Waals surface area contributed by atoms with Crippen molar-refractivity contribution in [2.75, 3.05) is 6.54 Å². The molecule has 0 aromatic heterocycles. The number of esters is 1. The first-order chi connectivity index (χ1) is 11.5. The maximum absolute atomic E-state index is 12.0. The number of hydrogen-bond donors (Lipinski definition) is 1. The van der Waals surface area contributed by atoms with E-state index in [0.29, 0.717) is 0 Å². The summed E-state index contributed by atoms with van der Waals surface area (Å²) < 4.78 is 33.3. The maximum atomic E-state index is 12.0. The summed E-state index contributed by atoms with van der Waals surface area (Å²) in [5.74, 6) is -1.15. The van der Waals surface area contributed by atoms with E-state index >= 15 is 0 Å². The molecule has 0 heterocycles. The van der Waals surface area contributed by atoms with Crippen molar-refractivity contribution in [1.82, 2.24) is 5.32 Å². The van der Waals surface area contributed by atoms with Gasteiger partial charge in [0.25, 0.3) is 5.91 Å². The second-order valence-electron chi connectivity index (χ2n) is 4.73. The minimum atomic E-state index is -2.93. The number of rotatable bonds is 7. The molecule has 5 nitrogen and oxygen atoms in total. The second-order valence-corrected chi connectivity index (χ2v) is 4.73. The first-order valence-corrected chi connectivity index (χ1v) is 7.07. The first-order valence-electron chi connectivity index (χ1n) is 7.07. The predicted molar refractivity (Wildman–Crippen MR) is 81.6 cm³/mol. The van der Waals surface area contributed by atoms with Gasteiger partial charge in [0.15, 0.2) is 0 Å². The van der Waals surface area contributed by atoms with E-state index in [1.807, 2.05) is 30.3 Å². The highest BCUT2D eigenvalue weighted by Crippen LogP contribution is 2.14. The van der Waals surface area contributed by atoms with Crippen molar-refractivity contribution in [2.45, 2.75) is 13.2 Å². The molecule has 0 fully saturated rings. The number of carbonyl (C=O) groups is 2. The maximum Gasteiger partial charge on any atom is 0.387 e. The molecule has 126 valence electrons. The van der Waals surface area contributed by atoms with Crippen molar-refractivity contribution in [2.24, 2.45) is 0 Å². The number of carbonyl (C=O) groups excluding carboxylic acids is 2. The molecular formula is C17H15F2NO4. The van der Waals surface area contributed by atoms with Gasteiger partial charge in [-0.15, -0.1) is 0 Å². The van der Waals surface area contributed by atoms with E-state index in [1.165, 1.54) is 24.3 Å². The average molecular weight is 335 g/mol. The molecule has 0 aliphatic heterocycles. The molecule has 2 aromatic carbocycles. The quantitative estimate of drug-likeness (QED) is 0.790. The fourth-order valence-electron chi connectivity index (χ4n) is 1.83. The van der Waals surface area contributed by atoms with Gasteiger partial charge < -0.3 is 14.8 Å². The van der Waals surface area contributed by atoms with Crippen LogP contribution in [-0.4, -0.2) is 25.0 Å². The molecular weight excluding hydrogens is 320 g/mol. The molecule has 0 radical (unpaired) electrons. The Kier molecular flexibility index (Phi) is 6.24. The van der Waals surface area contributed by atoms with Crippen LogP contribution in [0.2, 0.25) is 0 Å². The van der Waals surface area contributed by atoms with Gasteiger partial charge in [-0.3, -0.25) is 9.59 Å². The summed E-state index contributed by atoms with van der Waals surface area (Å²) in [7, 11) is 0. The van der Waals surface area contributed by atoms with E-state index < -0.39 is 18.5 Å². The molecule has 2 aromatic rings. The highest BCUT2D eigenvalue weighted by atomic mass is 19.3. The van der Waals surface area contributed by atoms with Gasteiger partial charge in [-0.2, -0.15) is 8.78 Å². The van der Waals surface area contributed by atoms with Crippen molar-refractivity contribution < 1.29 is 27.8 Å². The van der Waals surface area contributed by atoms with Gasteiger partial charge in [0.1, 0.15) is 18.9 Å². The van der Waals surface area contributed by atoms with E-state index in [9.17, 15) is 18.4 Å². The van der Waals surface area contributed by atoms with Crippen LogP contribution in [0.3, 0.4) is 0 Å². The fraction of sp³-hybridized carbons (Fsp3) is 0.176. The lowest BCUT2D eigenvalue weighted by Gasteiger charge is -2.08. The Hall–Kier alpha value is -2.96. The summed E-state index contributed by atoms with van der Waals surface area (Å²) in [5.41, 5.74) is 1.05. The van der Waals surface area contributed by atoms with Crippen LogP contribution < -0.4 is 10.1 Å². The smallest absolute Gasteiger partial charge is 0.387 e. The molecule has 0 aliphatic rings. The number of ether oxygens (including phenoxy) is 2. The van der Waals surface area contributed by atoms with Crippen LogP contribution in [0.15, 0.2) is 54.6 Å². The largest absolute Gasteiger partial charge is 0.460 e. The number of benzene rings is 2. The van der Waals surface area contributed by atoms with E-state index in [0.717, 1.165) is 5.56 Å². The third-order valence-electron chi connectivity index (χ3n) is 2.98.